The van der Waals surface area contributed by atoms with Gasteiger partial charge in [0.05, 0.1) is 5.56 Å². The van der Waals surface area contributed by atoms with E-state index < -0.39 is 5.97 Å². The Morgan fingerprint density at radius 3 is 2.09 bits per heavy atom. The first-order valence-corrected chi connectivity index (χ1v) is 9.18. The molecule has 0 atom stereocenters. The average Bonchev–Trinajstić information content (AvgIpc) is 2.56. The molecule has 0 heterocycles. The lowest BCUT2D eigenvalue weighted by atomic mass is 9.96. The molecular formula is C21H32O2. The molecule has 0 radical (unpaired) electrons. The largest absolute Gasteiger partial charge is 0.478 e. The Morgan fingerprint density at radius 1 is 1.00 bits per heavy atom. The van der Waals surface area contributed by atoms with E-state index in [1.54, 1.807) is 12.1 Å². The van der Waals surface area contributed by atoms with Gasteiger partial charge in [-0.3, -0.25) is 0 Å². The molecule has 2 heteroatoms. The van der Waals surface area contributed by atoms with E-state index in [0.717, 1.165) is 24.0 Å². The Balaban J connectivity index is 2.22. The first-order valence-electron chi connectivity index (χ1n) is 9.18. The molecule has 0 saturated carbocycles. The van der Waals surface area contributed by atoms with Crippen molar-refractivity contribution in [3.63, 3.8) is 0 Å². The summed E-state index contributed by atoms with van der Waals surface area (Å²) in [5, 5.41) is 9.22. The molecule has 128 valence electrons. The number of hydrogen-bond donors (Lipinski definition) is 1. The minimum Gasteiger partial charge on any atom is -0.478 e. The highest BCUT2D eigenvalue weighted by molar-refractivity contribution is 5.92. The summed E-state index contributed by atoms with van der Waals surface area (Å²) in [4.78, 5) is 11.2. The van der Waals surface area contributed by atoms with Gasteiger partial charge in [-0.05, 0) is 30.0 Å². The van der Waals surface area contributed by atoms with E-state index in [1.807, 2.05) is 12.1 Å². The second kappa shape index (κ2) is 11.9. The van der Waals surface area contributed by atoms with Crippen LogP contribution in [0.25, 0.3) is 6.08 Å². The van der Waals surface area contributed by atoms with Crippen molar-refractivity contribution in [3.05, 3.63) is 41.5 Å². The van der Waals surface area contributed by atoms with Crippen molar-refractivity contribution in [1.29, 1.82) is 0 Å². The van der Waals surface area contributed by atoms with Crippen molar-refractivity contribution >= 4 is 12.0 Å². The van der Waals surface area contributed by atoms with Gasteiger partial charge in [-0.15, -0.1) is 0 Å². The van der Waals surface area contributed by atoms with E-state index in [0.29, 0.717) is 5.56 Å². The number of hydrogen-bond acceptors (Lipinski definition) is 1. The summed E-state index contributed by atoms with van der Waals surface area (Å²) in [5.41, 5.74) is 2.26. The summed E-state index contributed by atoms with van der Waals surface area (Å²) in [6.45, 7) is 6.02. The summed E-state index contributed by atoms with van der Waals surface area (Å²) in [6.07, 6.45) is 15.8. The third-order valence-electron chi connectivity index (χ3n) is 4.43. The molecule has 0 unspecified atom stereocenters. The van der Waals surface area contributed by atoms with Crippen LogP contribution < -0.4 is 0 Å². The molecule has 23 heavy (non-hydrogen) atoms. The number of carboxylic acids is 1. The molecule has 1 N–H and O–H groups in total. The standard InChI is InChI=1S/C21H32O2/c1-3-5-6-7-8-9-10-11-12-13-15-18-16-14-17-20(21(22)23)19(18)4-2/h4,14,16-17H,2-3,5-13,15H2,1H3,(H,22,23). The molecule has 1 rings (SSSR count). The maximum absolute atomic E-state index is 11.2. The molecule has 1 aromatic rings. The van der Waals surface area contributed by atoms with E-state index >= 15 is 0 Å². The van der Waals surface area contributed by atoms with Gasteiger partial charge in [0.2, 0.25) is 0 Å². The van der Waals surface area contributed by atoms with Crippen LogP contribution >= 0.6 is 0 Å². The molecule has 0 bridgehead atoms. The second-order valence-corrected chi connectivity index (χ2v) is 6.32. The van der Waals surface area contributed by atoms with Gasteiger partial charge in [-0.1, -0.05) is 89.5 Å². The maximum atomic E-state index is 11.2. The number of aryl methyl sites for hydroxylation is 1. The highest BCUT2D eigenvalue weighted by atomic mass is 16.4. The molecule has 0 aromatic heterocycles. The summed E-state index contributed by atoms with van der Waals surface area (Å²) < 4.78 is 0. The lowest BCUT2D eigenvalue weighted by Gasteiger charge is -2.09. The van der Waals surface area contributed by atoms with Crippen molar-refractivity contribution in [3.8, 4) is 0 Å². The Kier molecular flexibility index (Phi) is 10.1. The van der Waals surface area contributed by atoms with Gasteiger partial charge in [0.1, 0.15) is 0 Å². The molecule has 0 amide bonds. The zero-order chi connectivity index (χ0) is 16.9. The van der Waals surface area contributed by atoms with Crippen molar-refractivity contribution in [2.45, 2.75) is 77.6 Å². The molecule has 2 nitrogen and oxygen atoms in total. The SMILES string of the molecule is C=Cc1c(CCCCCCCCCCCC)cccc1C(=O)O. The van der Waals surface area contributed by atoms with Gasteiger partial charge in [-0.2, -0.15) is 0 Å². The van der Waals surface area contributed by atoms with Gasteiger partial charge < -0.3 is 5.11 Å². The zero-order valence-electron chi connectivity index (χ0n) is 14.7. The summed E-state index contributed by atoms with van der Waals surface area (Å²) in [6, 6.07) is 5.51. The van der Waals surface area contributed by atoms with Crippen molar-refractivity contribution in [2.75, 3.05) is 0 Å². The minimum absolute atomic E-state index is 0.365. The molecule has 0 fully saturated rings. The summed E-state index contributed by atoms with van der Waals surface area (Å²) in [7, 11) is 0. The zero-order valence-corrected chi connectivity index (χ0v) is 14.7. The predicted octanol–water partition coefficient (Wildman–Crippen LogP) is 6.49. The molecule has 0 spiro atoms. The Hall–Kier alpha value is -1.57. The molecule has 0 aliphatic carbocycles. The van der Waals surface area contributed by atoms with Crippen LogP contribution in [-0.2, 0) is 6.42 Å². The van der Waals surface area contributed by atoms with Gasteiger partial charge in [0.15, 0.2) is 0 Å². The van der Waals surface area contributed by atoms with Gasteiger partial charge >= 0.3 is 5.97 Å². The topological polar surface area (TPSA) is 37.3 Å². The molecule has 0 aliphatic heterocycles. The third-order valence-corrected chi connectivity index (χ3v) is 4.43. The van der Waals surface area contributed by atoms with Crippen molar-refractivity contribution < 1.29 is 9.90 Å². The van der Waals surface area contributed by atoms with Crippen LogP contribution in [0.1, 0.15) is 92.6 Å². The molecular weight excluding hydrogens is 284 g/mol. The van der Waals surface area contributed by atoms with Crippen LogP contribution in [0.3, 0.4) is 0 Å². The number of aromatic carboxylic acids is 1. The van der Waals surface area contributed by atoms with E-state index in [4.69, 9.17) is 0 Å². The quantitative estimate of drug-likeness (QED) is 0.422. The van der Waals surface area contributed by atoms with Gasteiger partial charge in [0.25, 0.3) is 0 Å². The number of carboxylic acid groups (broad SMARTS) is 1. The highest BCUT2D eigenvalue weighted by Crippen LogP contribution is 2.19. The second-order valence-electron chi connectivity index (χ2n) is 6.32. The van der Waals surface area contributed by atoms with E-state index in [-0.39, 0.29) is 0 Å². The molecule has 1 aromatic carbocycles. The van der Waals surface area contributed by atoms with E-state index in [2.05, 4.69) is 13.5 Å². The van der Waals surface area contributed by atoms with Crippen LogP contribution in [0.15, 0.2) is 24.8 Å². The Bertz CT molecular complexity index is 477. The summed E-state index contributed by atoms with van der Waals surface area (Å²) >= 11 is 0. The highest BCUT2D eigenvalue weighted by Gasteiger charge is 2.10. The van der Waals surface area contributed by atoms with Crippen molar-refractivity contribution in [2.24, 2.45) is 0 Å². The van der Waals surface area contributed by atoms with E-state index in [1.165, 1.54) is 57.8 Å². The van der Waals surface area contributed by atoms with Gasteiger partial charge in [-0.25, -0.2) is 4.79 Å². The first-order chi connectivity index (χ1) is 11.2. The average molecular weight is 316 g/mol. The Morgan fingerprint density at radius 2 is 1.57 bits per heavy atom. The monoisotopic (exact) mass is 316 g/mol. The van der Waals surface area contributed by atoms with Gasteiger partial charge in [0, 0.05) is 0 Å². The summed E-state index contributed by atoms with van der Waals surface area (Å²) in [5.74, 6) is -0.871. The lowest BCUT2D eigenvalue weighted by Crippen LogP contribution is -2.02. The molecule has 0 aliphatic rings. The number of unbranched alkanes of at least 4 members (excludes halogenated alkanes) is 9. The maximum Gasteiger partial charge on any atom is 0.336 e. The fourth-order valence-corrected chi connectivity index (χ4v) is 3.06. The third kappa shape index (κ3) is 7.49. The normalized spacial score (nSPS) is 10.7. The van der Waals surface area contributed by atoms with Crippen molar-refractivity contribution in [1.82, 2.24) is 0 Å². The van der Waals surface area contributed by atoms with Crippen LogP contribution in [0, 0.1) is 0 Å². The number of rotatable bonds is 13. The fourth-order valence-electron chi connectivity index (χ4n) is 3.06. The molecule has 0 saturated heterocycles. The van der Waals surface area contributed by atoms with Crippen LogP contribution in [0.2, 0.25) is 0 Å². The lowest BCUT2D eigenvalue weighted by molar-refractivity contribution is 0.0696. The fraction of sp³-hybridized carbons (Fsp3) is 0.571. The van der Waals surface area contributed by atoms with E-state index in [9.17, 15) is 9.90 Å². The Labute approximate surface area is 141 Å². The number of benzene rings is 1. The van der Waals surface area contributed by atoms with Crippen LogP contribution in [0.4, 0.5) is 0 Å². The van der Waals surface area contributed by atoms with Crippen LogP contribution in [-0.4, -0.2) is 11.1 Å². The smallest absolute Gasteiger partial charge is 0.336 e. The first kappa shape index (κ1) is 19.5. The minimum atomic E-state index is -0.871. The van der Waals surface area contributed by atoms with Crippen LogP contribution in [0.5, 0.6) is 0 Å². The predicted molar refractivity (Wildman–Crippen MR) is 99.0 cm³/mol. The number of carbonyl (C=O) groups is 1.